The van der Waals surface area contributed by atoms with Crippen molar-refractivity contribution in [3.8, 4) is 17.2 Å². The first kappa shape index (κ1) is 25.2. The summed E-state index contributed by atoms with van der Waals surface area (Å²) in [6, 6.07) is 11.0. The van der Waals surface area contributed by atoms with E-state index in [9.17, 15) is 14.7 Å². The summed E-state index contributed by atoms with van der Waals surface area (Å²) < 4.78 is 16.7. The Morgan fingerprint density at radius 2 is 1.92 bits per heavy atom. The van der Waals surface area contributed by atoms with Crippen LogP contribution in [0.1, 0.15) is 43.4 Å². The number of ketones is 1. The number of thiazole rings is 1. The van der Waals surface area contributed by atoms with E-state index in [0.717, 1.165) is 19.3 Å². The SMILES string of the molecule is CCCCCOc1ccc(C2C(=C(O)c3cccc(OC)c3)C(=O)C(=O)N2c2nccs2)cc1OC. The number of ether oxygens (including phenoxy) is 3. The molecule has 1 aliphatic heterocycles. The molecule has 9 heteroatoms. The van der Waals surface area contributed by atoms with Gasteiger partial charge in [0.15, 0.2) is 16.6 Å². The number of amides is 1. The molecule has 1 atom stereocenters. The van der Waals surface area contributed by atoms with Crippen molar-refractivity contribution >= 4 is 33.9 Å². The maximum atomic E-state index is 13.3. The average Bonchev–Trinajstić information content (AvgIpc) is 3.53. The number of aliphatic hydroxyl groups is 1. The van der Waals surface area contributed by atoms with Gasteiger partial charge < -0.3 is 19.3 Å². The van der Waals surface area contributed by atoms with E-state index in [2.05, 4.69) is 11.9 Å². The quantitative estimate of drug-likeness (QED) is 0.170. The van der Waals surface area contributed by atoms with Gasteiger partial charge in [-0.3, -0.25) is 14.5 Å². The van der Waals surface area contributed by atoms with Crippen LogP contribution in [0, 0.1) is 0 Å². The molecule has 188 valence electrons. The van der Waals surface area contributed by atoms with Gasteiger partial charge in [-0.25, -0.2) is 4.98 Å². The molecule has 1 aromatic heterocycles. The Kier molecular flexibility index (Phi) is 7.90. The Bertz CT molecular complexity index is 1270. The van der Waals surface area contributed by atoms with Crippen LogP contribution < -0.4 is 19.1 Å². The number of benzene rings is 2. The number of Topliss-reactive ketones (excluding diaryl/α,β-unsaturated/α-hetero) is 1. The molecule has 1 N–H and O–H groups in total. The van der Waals surface area contributed by atoms with Crippen molar-refractivity contribution in [1.29, 1.82) is 0 Å². The number of carbonyl (C=O) groups excluding carboxylic acids is 2. The van der Waals surface area contributed by atoms with Crippen LogP contribution in [0.15, 0.2) is 59.6 Å². The van der Waals surface area contributed by atoms with E-state index >= 15 is 0 Å². The van der Waals surface area contributed by atoms with Crippen LogP contribution >= 0.6 is 11.3 Å². The zero-order valence-electron chi connectivity index (χ0n) is 20.4. The van der Waals surface area contributed by atoms with Gasteiger partial charge in [-0.05, 0) is 36.2 Å². The Morgan fingerprint density at radius 1 is 1.08 bits per heavy atom. The number of unbranched alkanes of at least 4 members (excludes halogenated alkanes) is 2. The number of aromatic nitrogens is 1. The van der Waals surface area contributed by atoms with Crippen molar-refractivity contribution in [2.24, 2.45) is 0 Å². The minimum atomic E-state index is -0.912. The van der Waals surface area contributed by atoms with Gasteiger partial charge in [0, 0.05) is 17.1 Å². The topological polar surface area (TPSA) is 98.2 Å². The predicted molar refractivity (Wildman–Crippen MR) is 138 cm³/mol. The highest BCUT2D eigenvalue weighted by atomic mass is 32.1. The molecule has 1 fully saturated rings. The first-order chi connectivity index (χ1) is 17.5. The smallest absolute Gasteiger partial charge is 0.301 e. The number of anilines is 1. The summed E-state index contributed by atoms with van der Waals surface area (Å²) >= 11 is 1.23. The second-order valence-corrected chi connectivity index (χ2v) is 9.05. The van der Waals surface area contributed by atoms with Crippen LogP contribution in [0.2, 0.25) is 0 Å². The molecule has 1 aliphatic rings. The summed E-state index contributed by atoms with van der Waals surface area (Å²) in [6.45, 7) is 2.68. The molecule has 8 nitrogen and oxygen atoms in total. The molecular formula is C27H28N2O6S. The lowest BCUT2D eigenvalue weighted by Crippen LogP contribution is -2.29. The van der Waals surface area contributed by atoms with Crippen molar-refractivity contribution in [2.75, 3.05) is 25.7 Å². The van der Waals surface area contributed by atoms with E-state index in [4.69, 9.17) is 14.2 Å². The molecule has 0 radical (unpaired) electrons. The molecule has 3 aromatic rings. The van der Waals surface area contributed by atoms with Crippen LogP contribution in [0.25, 0.3) is 5.76 Å². The van der Waals surface area contributed by atoms with Crippen LogP contribution in [0.4, 0.5) is 5.13 Å². The third-order valence-corrected chi connectivity index (χ3v) is 6.69. The standard InChI is InChI=1S/C27H28N2O6S/c1-4-5-6-13-35-20-11-10-17(16-21(20)34-3)23-22(24(30)18-8-7-9-19(15-18)33-2)25(31)26(32)29(23)27-28-12-14-36-27/h7-12,14-16,23,30H,4-6,13H2,1-3H3. The monoisotopic (exact) mass is 508 g/mol. The Morgan fingerprint density at radius 3 is 2.61 bits per heavy atom. The van der Waals surface area contributed by atoms with E-state index < -0.39 is 17.7 Å². The first-order valence-corrected chi connectivity index (χ1v) is 12.5. The Hall–Kier alpha value is -3.85. The van der Waals surface area contributed by atoms with Crippen LogP contribution in [0.5, 0.6) is 17.2 Å². The average molecular weight is 509 g/mol. The highest BCUT2D eigenvalue weighted by molar-refractivity contribution is 7.14. The van der Waals surface area contributed by atoms with E-state index in [1.807, 2.05) is 0 Å². The molecule has 36 heavy (non-hydrogen) atoms. The highest BCUT2D eigenvalue weighted by Gasteiger charge is 2.48. The number of aliphatic hydroxyl groups excluding tert-OH is 1. The van der Waals surface area contributed by atoms with E-state index in [1.165, 1.54) is 30.5 Å². The summed E-state index contributed by atoms with van der Waals surface area (Å²) in [5.74, 6) is -0.315. The normalized spacial score (nSPS) is 16.9. The maximum absolute atomic E-state index is 13.3. The Balaban J connectivity index is 1.82. The summed E-state index contributed by atoms with van der Waals surface area (Å²) in [5.41, 5.74) is 0.896. The number of hydrogen-bond donors (Lipinski definition) is 1. The van der Waals surface area contributed by atoms with Crippen molar-refractivity contribution < 1.29 is 28.9 Å². The second kappa shape index (κ2) is 11.3. The number of carbonyl (C=O) groups is 2. The largest absolute Gasteiger partial charge is 0.507 e. The predicted octanol–water partition coefficient (Wildman–Crippen LogP) is 5.36. The molecule has 0 saturated carbocycles. The molecule has 2 heterocycles. The molecule has 1 unspecified atom stereocenters. The zero-order valence-corrected chi connectivity index (χ0v) is 21.2. The van der Waals surface area contributed by atoms with Gasteiger partial charge in [-0.15, -0.1) is 11.3 Å². The maximum Gasteiger partial charge on any atom is 0.301 e. The molecule has 1 saturated heterocycles. The summed E-state index contributed by atoms with van der Waals surface area (Å²) in [4.78, 5) is 32.0. The molecule has 0 bridgehead atoms. The van der Waals surface area contributed by atoms with Crippen molar-refractivity contribution in [2.45, 2.75) is 32.2 Å². The summed E-state index contributed by atoms with van der Waals surface area (Å²) in [6.07, 6.45) is 4.63. The fraction of sp³-hybridized carbons (Fsp3) is 0.296. The van der Waals surface area contributed by atoms with Crippen LogP contribution in [-0.2, 0) is 9.59 Å². The van der Waals surface area contributed by atoms with Gasteiger partial charge in [0.25, 0.3) is 5.78 Å². The molecule has 0 aliphatic carbocycles. The van der Waals surface area contributed by atoms with Crippen molar-refractivity contribution in [3.05, 3.63) is 70.7 Å². The number of methoxy groups -OCH3 is 2. The fourth-order valence-electron chi connectivity index (χ4n) is 4.11. The van der Waals surface area contributed by atoms with Crippen molar-refractivity contribution in [1.82, 2.24) is 4.98 Å². The lowest BCUT2D eigenvalue weighted by Gasteiger charge is -2.24. The first-order valence-electron chi connectivity index (χ1n) is 11.7. The van der Waals surface area contributed by atoms with Gasteiger partial charge in [0.05, 0.1) is 32.4 Å². The molecule has 4 rings (SSSR count). The lowest BCUT2D eigenvalue weighted by atomic mass is 9.95. The zero-order chi connectivity index (χ0) is 25.7. The minimum Gasteiger partial charge on any atom is -0.507 e. The molecule has 1 amide bonds. The lowest BCUT2D eigenvalue weighted by molar-refractivity contribution is -0.132. The van der Waals surface area contributed by atoms with Gasteiger partial charge >= 0.3 is 5.91 Å². The third-order valence-electron chi connectivity index (χ3n) is 5.92. The van der Waals surface area contributed by atoms with Gasteiger partial charge in [-0.1, -0.05) is 38.0 Å². The van der Waals surface area contributed by atoms with Crippen LogP contribution in [-0.4, -0.2) is 42.6 Å². The van der Waals surface area contributed by atoms with Crippen LogP contribution in [0.3, 0.4) is 0 Å². The highest BCUT2D eigenvalue weighted by Crippen LogP contribution is 2.44. The molecule has 0 spiro atoms. The minimum absolute atomic E-state index is 0.0397. The Labute approximate surface area is 213 Å². The summed E-state index contributed by atoms with van der Waals surface area (Å²) in [7, 11) is 3.05. The van der Waals surface area contributed by atoms with E-state index in [-0.39, 0.29) is 11.3 Å². The van der Waals surface area contributed by atoms with E-state index in [0.29, 0.717) is 40.1 Å². The van der Waals surface area contributed by atoms with Gasteiger partial charge in [0.2, 0.25) is 0 Å². The fourth-order valence-corrected chi connectivity index (χ4v) is 4.78. The van der Waals surface area contributed by atoms with E-state index in [1.54, 1.807) is 54.0 Å². The van der Waals surface area contributed by atoms with Crippen molar-refractivity contribution in [3.63, 3.8) is 0 Å². The number of rotatable bonds is 10. The third kappa shape index (κ3) is 4.92. The number of hydrogen-bond acceptors (Lipinski definition) is 8. The molecule has 2 aromatic carbocycles. The second-order valence-electron chi connectivity index (χ2n) is 8.18. The summed E-state index contributed by atoms with van der Waals surface area (Å²) in [5, 5.41) is 13.4. The molecular weight excluding hydrogens is 480 g/mol. The number of nitrogens with zero attached hydrogens (tertiary/aromatic N) is 2. The van der Waals surface area contributed by atoms with Gasteiger partial charge in [-0.2, -0.15) is 0 Å². The van der Waals surface area contributed by atoms with Gasteiger partial charge in [0.1, 0.15) is 11.5 Å².